The SMILES string of the molecule is NCCCCCCNC(=O)c1cccc(C(=O)NCCCCCCN)c1. The highest BCUT2D eigenvalue weighted by atomic mass is 16.2. The Labute approximate surface area is 157 Å². The molecule has 1 aromatic rings. The maximum absolute atomic E-state index is 12.2. The van der Waals surface area contributed by atoms with E-state index in [1.165, 1.54) is 0 Å². The van der Waals surface area contributed by atoms with E-state index in [1.807, 2.05) is 0 Å². The molecule has 0 unspecified atom stereocenters. The highest BCUT2D eigenvalue weighted by molar-refractivity contribution is 5.99. The fourth-order valence-corrected chi connectivity index (χ4v) is 2.66. The molecule has 2 amide bonds. The standard InChI is InChI=1S/C20H34N4O2/c21-12-5-1-3-7-14-23-19(25)17-10-9-11-18(16-17)20(26)24-15-8-4-2-6-13-22/h9-11,16H,1-8,12-15,21-22H2,(H,23,25)(H,24,26). The van der Waals surface area contributed by atoms with Gasteiger partial charge >= 0.3 is 0 Å². The van der Waals surface area contributed by atoms with Gasteiger partial charge in [-0.1, -0.05) is 31.7 Å². The maximum Gasteiger partial charge on any atom is 0.251 e. The molecule has 146 valence electrons. The Morgan fingerprint density at radius 3 is 1.54 bits per heavy atom. The number of benzene rings is 1. The molecular weight excluding hydrogens is 328 g/mol. The van der Waals surface area contributed by atoms with Crippen molar-refractivity contribution in [1.29, 1.82) is 0 Å². The van der Waals surface area contributed by atoms with Crippen molar-refractivity contribution < 1.29 is 9.59 Å². The summed E-state index contributed by atoms with van der Waals surface area (Å²) in [6.07, 6.45) is 8.24. The third-order valence-electron chi connectivity index (χ3n) is 4.22. The molecule has 6 heteroatoms. The fraction of sp³-hybridized carbons (Fsp3) is 0.600. The monoisotopic (exact) mass is 362 g/mol. The summed E-state index contributed by atoms with van der Waals surface area (Å²) in [7, 11) is 0. The number of unbranched alkanes of at least 4 members (excludes halogenated alkanes) is 6. The number of hydrogen-bond donors (Lipinski definition) is 4. The van der Waals surface area contributed by atoms with Crippen LogP contribution in [0.15, 0.2) is 24.3 Å². The first-order chi connectivity index (χ1) is 12.7. The van der Waals surface area contributed by atoms with Crippen molar-refractivity contribution in [2.24, 2.45) is 11.5 Å². The number of nitrogens with one attached hydrogen (secondary N) is 2. The van der Waals surface area contributed by atoms with E-state index in [0.29, 0.717) is 24.2 Å². The molecule has 0 aliphatic carbocycles. The Hall–Kier alpha value is -1.92. The maximum atomic E-state index is 12.2. The minimum atomic E-state index is -0.139. The molecule has 6 nitrogen and oxygen atoms in total. The predicted octanol–water partition coefficient (Wildman–Crippen LogP) is 2.18. The van der Waals surface area contributed by atoms with Crippen molar-refractivity contribution in [2.75, 3.05) is 26.2 Å². The van der Waals surface area contributed by atoms with Gasteiger partial charge in [0.25, 0.3) is 11.8 Å². The second-order valence-corrected chi connectivity index (χ2v) is 6.50. The van der Waals surface area contributed by atoms with Crippen LogP contribution in [0, 0.1) is 0 Å². The molecule has 0 fully saturated rings. The van der Waals surface area contributed by atoms with Crippen LogP contribution >= 0.6 is 0 Å². The summed E-state index contributed by atoms with van der Waals surface area (Å²) in [5.41, 5.74) is 11.9. The lowest BCUT2D eigenvalue weighted by atomic mass is 10.1. The number of carbonyl (C=O) groups excluding carboxylic acids is 2. The third kappa shape index (κ3) is 9.53. The predicted molar refractivity (Wildman–Crippen MR) is 106 cm³/mol. The van der Waals surface area contributed by atoms with Crippen LogP contribution in [0.4, 0.5) is 0 Å². The van der Waals surface area contributed by atoms with Crippen molar-refractivity contribution in [3.05, 3.63) is 35.4 Å². The van der Waals surface area contributed by atoms with Gasteiger partial charge in [-0.2, -0.15) is 0 Å². The topological polar surface area (TPSA) is 110 Å². The molecule has 0 radical (unpaired) electrons. The van der Waals surface area contributed by atoms with Crippen molar-refractivity contribution in [1.82, 2.24) is 10.6 Å². The molecular formula is C20H34N4O2. The van der Waals surface area contributed by atoms with Crippen molar-refractivity contribution >= 4 is 11.8 Å². The van der Waals surface area contributed by atoms with E-state index in [9.17, 15) is 9.59 Å². The fourth-order valence-electron chi connectivity index (χ4n) is 2.66. The molecule has 0 aliphatic rings. The average Bonchev–Trinajstić information content (AvgIpc) is 2.67. The van der Waals surface area contributed by atoms with E-state index in [-0.39, 0.29) is 11.8 Å². The van der Waals surface area contributed by atoms with Crippen molar-refractivity contribution in [3.8, 4) is 0 Å². The lowest BCUT2D eigenvalue weighted by molar-refractivity contribution is 0.0952. The van der Waals surface area contributed by atoms with Crippen LogP contribution in [-0.2, 0) is 0 Å². The second kappa shape index (κ2) is 14.3. The number of hydrogen-bond acceptors (Lipinski definition) is 4. The number of rotatable bonds is 14. The summed E-state index contributed by atoms with van der Waals surface area (Å²) >= 11 is 0. The minimum Gasteiger partial charge on any atom is -0.352 e. The second-order valence-electron chi connectivity index (χ2n) is 6.50. The smallest absolute Gasteiger partial charge is 0.251 e. The molecule has 0 aromatic heterocycles. The molecule has 1 rings (SSSR count). The van der Waals surface area contributed by atoms with Crippen LogP contribution in [0.5, 0.6) is 0 Å². The molecule has 1 aromatic carbocycles. The van der Waals surface area contributed by atoms with Crippen LogP contribution in [0.2, 0.25) is 0 Å². The lowest BCUT2D eigenvalue weighted by Crippen LogP contribution is -2.26. The number of nitrogens with two attached hydrogens (primary N) is 2. The molecule has 0 saturated carbocycles. The van der Waals surface area contributed by atoms with Gasteiger partial charge < -0.3 is 22.1 Å². The highest BCUT2D eigenvalue weighted by Crippen LogP contribution is 2.06. The molecule has 0 heterocycles. The van der Waals surface area contributed by atoms with Crippen LogP contribution in [-0.4, -0.2) is 38.0 Å². The first-order valence-electron chi connectivity index (χ1n) is 9.75. The van der Waals surface area contributed by atoms with Gasteiger partial charge in [-0.05, 0) is 57.0 Å². The molecule has 0 saturated heterocycles. The zero-order valence-electron chi connectivity index (χ0n) is 15.8. The molecule has 0 spiro atoms. The minimum absolute atomic E-state index is 0.139. The Morgan fingerprint density at radius 1 is 0.692 bits per heavy atom. The van der Waals surface area contributed by atoms with Gasteiger partial charge in [0.15, 0.2) is 0 Å². The molecule has 0 bridgehead atoms. The summed E-state index contributed by atoms with van der Waals surface area (Å²) in [4.78, 5) is 24.4. The molecule has 6 N–H and O–H groups in total. The van der Waals surface area contributed by atoms with Gasteiger partial charge in [0.1, 0.15) is 0 Å². The van der Waals surface area contributed by atoms with E-state index >= 15 is 0 Å². The summed E-state index contributed by atoms with van der Waals surface area (Å²) in [5, 5.41) is 5.80. The van der Waals surface area contributed by atoms with E-state index in [1.54, 1.807) is 24.3 Å². The van der Waals surface area contributed by atoms with E-state index < -0.39 is 0 Å². The van der Waals surface area contributed by atoms with Gasteiger partial charge in [-0.3, -0.25) is 9.59 Å². The first kappa shape index (κ1) is 22.1. The van der Waals surface area contributed by atoms with Crippen LogP contribution in [0.3, 0.4) is 0 Å². The Bertz CT molecular complexity index is 491. The third-order valence-corrected chi connectivity index (χ3v) is 4.22. The van der Waals surface area contributed by atoms with Gasteiger partial charge in [0.05, 0.1) is 0 Å². The van der Waals surface area contributed by atoms with E-state index in [0.717, 1.165) is 64.5 Å². The first-order valence-corrected chi connectivity index (χ1v) is 9.75. The quantitative estimate of drug-likeness (QED) is 0.380. The van der Waals surface area contributed by atoms with Crippen molar-refractivity contribution in [3.63, 3.8) is 0 Å². The average molecular weight is 363 g/mol. The van der Waals surface area contributed by atoms with Crippen LogP contribution in [0.1, 0.15) is 72.1 Å². The molecule has 0 aliphatic heterocycles. The Balaban J connectivity index is 2.34. The van der Waals surface area contributed by atoms with Gasteiger partial charge in [-0.25, -0.2) is 0 Å². The van der Waals surface area contributed by atoms with Crippen LogP contribution < -0.4 is 22.1 Å². The zero-order valence-corrected chi connectivity index (χ0v) is 15.8. The number of carbonyl (C=O) groups is 2. The molecule has 26 heavy (non-hydrogen) atoms. The normalized spacial score (nSPS) is 10.5. The summed E-state index contributed by atoms with van der Waals surface area (Å²) < 4.78 is 0. The summed E-state index contributed by atoms with van der Waals surface area (Å²) in [6, 6.07) is 6.85. The summed E-state index contributed by atoms with van der Waals surface area (Å²) in [6.45, 7) is 2.72. The lowest BCUT2D eigenvalue weighted by Gasteiger charge is -2.08. The zero-order chi connectivity index (χ0) is 19.0. The number of amides is 2. The molecule has 0 atom stereocenters. The van der Waals surface area contributed by atoms with E-state index in [2.05, 4.69) is 10.6 Å². The van der Waals surface area contributed by atoms with Gasteiger partial charge in [0, 0.05) is 24.2 Å². The van der Waals surface area contributed by atoms with Gasteiger partial charge in [-0.15, -0.1) is 0 Å². The van der Waals surface area contributed by atoms with Crippen LogP contribution in [0.25, 0.3) is 0 Å². The largest absolute Gasteiger partial charge is 0.352 e. The van der Waals surface area contributed by atoms with Crippen molar-refractivity contribution in [2.45, 2.75) is 51.4 Å². The highest BCUT2D eigenvalue weighted by Gasteiger charge is 2.09. The summed E-state index contributed by atoms with van der Waals surface area (Å²) in [5.74, 6) is -0.277. The van der Waals surface area contributed by atoms with E-state index in [4.69, 9.17) is 11.5 Å². The Morgan fingerprint density at radius 2 is 1.12 bits per heavy atom. The Kier molecular flexibility index (Phi) is 12.1. The van der Waals surface area contributed by atoms with Gasteiger partial charge in [0.2, 0.25) is 0 Å².